The van der Waals surface area contributed by atoms with Crippen LogP contribution in [0, 0.1) is 11.3 Å². The fourth-order valence-corrected chi connectivity index (χ4v) is 3.56. The third kappa shape index (κ3) is 6.06. The maximum atomic E-state index is 12.3. The summed E-state index contributed by atoms with van der Waals surface area (Å²) in [4.78, 5) is 23.5. The number of carboxylic acids is 1. The molecule has 1 aliphatic carbocycles. The third-order valence-electron chi connectivity index (χ3n) is 4.72. The number of hydrogen-bond donors (Lipinski definition) is 2. The summed E-state index contributed by atoms with van der Waals surface area (Å²) >= 11 is 0. The lowest BCUT2D eigenvalue weighted by Crippen LogP contribution is -2.42. The van der Waals surface area contributed by atoms with Gasteiger partial charge in [0.15, 0.2) is 0 Å². The van der Waals surface area contributed by atoms with Gasteiger partial charge in [0.25, 0.3) is 0 Å². The van der Waals surface area contributed by atoms with Crippen molar-refractivity contribution in [2.45, 2.75) is 78.1 Å². The lowest BCUT2D eigenvalue weighted by Gasteiger charge is -2.36. The first-order valence-electron chi connectivity index (χ1n) is 8.52. The van der Waals surface area contributed by atoms with Gasteiger partial charge in [0.2, 0.25) is 5.91 Å². The molecule has 0 bridgehead atoms. The zero-order chi connectivity index (χ0) is 15.7. The van der Waals surface area contributed by atoms with Gasteiger partial charge in [-0.3, -0.25) is 9.59 Å². The quantitative estimate of drug-likeness (QED) is 0.681. The molecule has 0 unspecified atom stereocenters. The highest BCUT2D eigenvalue weighted by molar-refractivity contribution is 5.78. The Kier molecular flexibility index (Phi) is 7.76. The summed E-state index contributed by atoms with van der Waals surface area (Å²) in [6.45, 7) is 4.73. The minimum Gasteiger partial charge on any atom is -0.481 e. The molecule has 0 spiro atoms. The first-order valence-corrected chi connectivity index (χ1v) is 8.52. The van der Waals surface area contributed by atoms with Crippen LogP contribution in [0.3, 0.4) is 0 Å². The van der Waals surface area contributed by atoms with Gasteiger partial charge in [0, 0.05) is 12.5 Å². The molecule has 1 saturated carbocycles. The van der Waals surface area contributed by atoms with Crippen LogP contribution in [0.1, 0.15) is 78.1 Å². The van der Waals surface area contributed by atoms with E-state index < -0.39 is 5.97 Å². The van der Waals surface area contributed by atoms with Crippen molar-refractivity contribution >= 4 is 11.9 Å². The van der Waals surface area contributed by atoms with Crippen molar-refractivity contribution in [3.8, 4) is 0 Å². The van der Waals surface area contributed by atoms with Gasteiger partial charge >= 0.3 is 5.97 Å². The van der Waals surface area contributed by atoms with Crippen molar-refractivity contribution in [3.05, 3.63) is 0 Å². The van der Waals surface area contributed by atoms with Crippen molar-refractivity contribution in [3.63, 3.8) is 0 Å². The minimum atomic E-state index is -0.746. The van der Waals surface area contributed by atoms with Crippen LogP contribution in [0.2, 0.25) is 0 Å². The first-order chi connectivity index (χ1) is 10.0. The highest BCUT2D eigenvalue weighted by Crippen LogP contribution is 2.38. The van der Waals surface area contributed by atoms with Crippen molar-refractivity contribution in [1.29, 1.82) is 0 Å². The van der Waals surface area contributed by atoms with Crippen LogP contribution in [-0.4, -0.2) is 23.5 Å². The minimum absolute atomic E-state index is 0.0884. The van der Waals surface area contributed by atoms with E-state index in [1.165, 1.54) is 6.42 Å². The van der Waals surface area contributed by atoms with Crippen LogP contribution in [-0.2, 0) is 9.59 Å². The smallest absolute Gasteiger partial charge is 0.303 e. The number of aliphatic carboxylic acids is 1. The third-order valence-corrected chi connectivity index (χ3v) is 4.72. The van der Waals surface area contributed by atoms with E-state index in [4.69, 9.17) is 5.11 Å². The number of hydrogen-bond acceptors (Lipinski definition) is 2. The zero-order valence-electron chi connectivity index (χ0n) is 13.6. The van der Waals surface area contributed by atoms with Gasteiger partial charge in [-0.1, -0.05) is 46.0 Å². The number of rotatable bonds is 9. The molecule has 4 heteroatoms. The molecule has 0 radical (unpaired) electrons. The first kappa shape index (κ1) is 18.0. The Morgan fingerprint density at radius 2 is 1.67 bits per heavy atom. The van der Waals surface area contributed by atoms with Gasteiger partial charge < -0.3 is 10.4 Å². The molecule has 21 heavy (non-hydrogen) atoms. The highest BCUT2D eigenvalue weighted by Gasteiger charge is 2.35. The van der Waals surface area contributed by atoms with Gasteiger partial charge in [-0.2, -0.15) is 0 Å². The predicted octanol–water partition coefficient (Wildman–Crippen LogP) is 3.74. The molecule has 0 atom stereocenters. The van der Waals surface area contributed by atoms with E-state index in [0.717, 1.165) is 51.4 Å². The predicted molar refractivity (Wildman–Crippen MR) is 84.1 cm³/mol. The summed E-state index contributed by atoms with van der Waals surface area (Å²) < 4.78 is 0. The second kappa shape index (κ2) is 9.06. The number of carbonyl (C=O) groups excluding carboxylic acids is 1. The Labute approximate surface area is 128 Å². The van der Waals surface area contributed by atoms with Gasteiger partial charge in [-0.05, 0) is 31.1 Å². The summed E-state index contributed by atoms with van der Waals surface area (Å²) in [5, 5.41) is 12.2. The van der Waals surface area contributed by atoms with E-state index in [1.54, 1.807) is 0 Å². The highest BCUT2D eigenvalue weighted by atomic mass is 16.4. The van der Waals surface area contributed by atoms with Crippen LogP contribution in [0.25, 0.3) is 0 Å². The summed E-state index contributed by atoms with van der Waals surface area (Å²) in [7, 11) is 0. The summed E-state index contributed by atoms with van der Waals surface area (Å²) in [6, 6.07) is 0. The van der Waals surface area contributed by atoms with Crippen LogP contribution >= 0.6 is 0 Å². The molecule has 0 aromatic carbocycles. The Hall–Kier alpha value is -1.06. The number of amides is 1. The molecule has 1 amide bonds. The van der Waals surface area contributed by atoms with E-state index >= 15 is 0 Å². The molecule has 4 nitrogen and oxygen atoms in total. The summed E-state index contributed by atoms with van der Waals surface area (Å²) in [6.07, 6.45) is 9.24. The van der Waals surface area contributed by atoms with E-state index in [-0.39, 0.29) is 23.7 Å². The van der Waals surface area contributed by atoms with Crippen molar-refractivity contribution in [1.82, 2.24) is 5.32 Å². The second-order valence-corrected chi connectivity index (χ2v) is 6.62. The van der Waals surface area contributed by atoms with Crippen LogP contribution in [0.4, 0.5) is 0 Å². The molecule has 2 N–H and O–H groups in total. The van der Waals surface area contributed by atoms with Gasteiger partial charge in [-0.15, -0.1) is 0 Å². The molecule has 0 aliphatic heterocycles. The second-order valence-electron chi connectivity index (χ2n) is 6.62. The maximum Gasteiger partial charge on any atom is 0.303 e. The normalized spacial score (nSPS) is 17.7. The topological polar surface area (TPSA) is 66.4 Å². The molecule has 1 fully saturated rings. The van der Waals surface area contributed by atoms with Crippen LogP contribution in [0.5, 0.6) is 0 Å². The number of carboxylic acid groups (broad SMARTS) is 1. The Morgan fingerprint density at radius 3 is 2.14 bits per heavy atom. The van der Waals surface area contributed by atoms with E-state index in [2.05, 4.69) is 19.2 Å². The summed E-state index contributed by atoms with van der Waals surface area (Å²) in [5.74, 6) is -0.538. The largest absolute Gasteiger partial charge is 0.481 e. The van der Waals surface area contributed by atoms with E-state index in [0.29, 0.717) is 6.54 Å². The SMILES string of the molecule is CCCC(CCC)C(=O)NCC1(CC(=O)O)CCCCC1. The molecule has 0 heterocycles. The van der Waals surface area contributed by atoms with Crippen molar-refractivity contribution in [2.75, 3.05) is 6.54 Å². The Balaban J connectivity index is 2.58. The lowest BCUT2D eigenvalue weighted by atomic mass is 9.71. The molecule has 0 aromatic rings. The number of nitrogens with one attached hydrogen (secondary N) is 1. The monoisotopic (exact) mass is 297 g/mol. The molecular weight excluding hydrogens is 266 g/mol. The zero-order valence-corrected chi connectivity index (χ0v) is 13.6. The van der Waals surface area contributed by atoms with Gasteiger partial charge in [0.05, 0.1) is 6.42 Å². The average molecular weight is 297 g/mol. The van der Waals surface area contributed by atoms with E-state index in [1.807, 2.05) is 0 Å². The molecule has 122 valence electrons. The van der Waals surface area contributed by atoms with Crippen LogP contribution < -0.4 is 5.32 Å². The van der Waals surface area contributed by atoms with Crippen LogP contribution in [0.15, 0.2) is 0 Å². The Bertz CT molecular complexity index is 329. The van der Waals surface area contributed by atoms with Crippen molar-refractivity contribution in [2.24, 2.45) is 11.3 Å². The molecular formula is C17H31NO3. The fraction of sp³-hybridized carbons (Fsp3) is 0.882. The number of carbonyl (C=O) groups is 2. The van der Waals surface area contributed by atoms with E-state index in [9.17, 15) is 9.59 Å². The average Bonchev–Trinajstić information content (AvgIpc) is 2.45. The Morgan fingerprint density at radius 1 is 1.10 bits per heavy atom. The fourth-order valence-electron chi connectivity index (χ4n) is 3.56. The lowest BCUT2D eigenvalue weighted by molar-refractivity contribution is -0.141. The molecule has 0 aromatic heterocycles. The van der Waals surface area contributed by atoms with Crippen molar-refractivity contribution < 1.29 is 14.7 Å². The van der Waals surface area contributed by atoms with Gasteiger partial charge in [0.1, 0.15) is 0 Å². The summed E-state index contributed by atoms with van der Waals surface area (Å²) in [5.41, 5.74) is -0.220. The molecule has 0 saturated heterocycles. The maximum absolute atomic E-state index is 12.3. The standard InChI is InChI=1S/C17H31NO3/c1-3-8-14(9-4-2)16(21)18-13-17(12-15(19)20)10-6-5-7-11-17/h14H,3-13H2,1-2H3,(H,18,21)(H,19,20). The molecule has 1 aliphatic rings. The van der Waals surface area contributed by atoms with Gasteiger partial charge in [-0.25, -0.2) is 0 Å². The molecule has 1 rings (SSSR count).